The molecule has 0 aromatic rings. The zero-order valence-corrected chi connectivity index (χ0v) is 82.3. The minimum atomic E-state index is -0.944. The standard InChI is InChI=1S/C30H50O6.C26H42O8.C24H42O6.C20H34O6/c1-4-27(2,3)26(31)36-30-17-23-15-28(19-30,34-21-32-24-11-7-5-8-12-24)18-29(16-23,20-30)35-22-33-25-13-9-6-10-14-25;1-10-23(8,9)18(27)30-24-11-17-12-25(14-24,33-19(28)31-21(2,3)4)16-26(13-17,15-24)34-20(29)32-22(5,6)7;1-8-21(6,7)20(25)30-24-13-19-11-22(15-24,28-17(4)26-9-2)14-23(12-19,16-24)29-18(5)27-10-3;1-6-17(2,3)16(21)26-20-9-15-7-18(11-20,24-13-22-4)10-19(8-15,12-20)25-14-23-5/h23-25H,4-22H2,1-3H3;17H,10-16H2,1-9H3;17-19H,8-16H2,1-7H3;15H,6-14H2,1-5H3. The van der Waals surface area contributed by atoms with Crippen LogP contribution in [0.25, 0.3) is 0 Å². The maximum Gasteiger partial charge on any atom is 0.509 e. The van der Waals surface area contributed by atoms with Crippen LogP contribution in [-0.4, -0.2) is 194 Å². The fourth-order valence-electron chi connectivity index (χ4n) is 25.7. The molecule has 0 heterocycles. The first-order valence-electron chi connectivity index (χ1n) is 48.9. The largest absolute Gasteiger partial charge is 0.509 e. The molecule has 0 saturated heterocycles. The maximum absolute atomic E-state index is 13.3. The van der Waals surface area contributed by atoms with Crippen molar-refractivity contribution in [3.8, 4) is 0 Å². The molecule has 0 aromatic carbocycles. The van der Waals surface area contributed by atoms with Gasteiger partial charge in [-0.1, -0.05) is 66.2 Å². The Morgan fingerprint density at radius 1 is 0.294 bits per heavy atom. The number of hydrogen-bond donors (Lipinski definition) is 0. The van der Waals surface area contributed by atoms with Gasteiger partial charge in [0.2, 0.25) is 0 Å². The van der Waals surface area contributed by atoms with E-state index in [0.717, 1.165) is 148 Å². The maximum atomic E-state index is 13.3. The van der Waals surface area contributed by atoms with Crippen LogP contribution in [0.4, 0.5) is 9.59 Å². The van der Waals surface area contributed by atoms with Gasteiger partial charge < -0.3 is 94.7 Å². The Bertz CT molecular complexity index is 3510. The smallest absolute Gasteiger partial charge is 0.458 e. The van der Waals surface area contributed by atoms with Gasteiger partial charge in [0.1, 0.15) is 72.0 Å². The number of esters is 4. The summed E-state index contributed by atoms with van der Waals surface area (Å²) in [5, 5.41) is 0. The van der Waals surface area contributed by atoms with E-state index >= 15 is 0 Å². The summed E-state index contributed by atoms with van der Waals surface area (Å²) in [6, 6.07) is 0. The van der Waals surface area contributed by atoms with Crippen molar-refractivity contribution in [1.82, 2.24) is 0 Å². The lowest BCUT2D eigenvalue weighted by Crippen LogP contribution is -2.69. The first-order valence-corrected chi connectivity index (χ1v) is 48.9. The number of carbonyl (C=O) groups excluding carboxylic acids is 6. The molecule has 26 heteroatoms. The van der Waals surface area contributed by atoms with Crippen LogP contribution in [0.5, 0.6) is 0 Å². The van der Waals surface area contributed by atoms with Gasteiger partial charge in [-0.25, -0.2) is 9.59 Å². The van der Waals surface area contributed by atoms with Gasteiger partial charge in [0, 0.05) is 104 Å². The molecule has 0 N–H and O–H groups in total. The lowest BCUT2D eigenvalue weighted by Gasteiger charge is -2.65. The third kappa shape index (κ3) is 25.1. The second-order valence-electron chi connectivity index (χ2n) is 46.6. The number of carbonyl (C=O) groups is 6. The lowest BCUT2D eigenvalue weighted by molar-refractivity contribution is -0.334. The molecule has 724 valence electrons. The predicted molar refractivity (Wildman–Crippen MR) is 471 cm³/mol. The summed E-state index contributed by atoms with van der Waals surface area (Å²) in [5.41, 5.74) is -10.1. The number of methoxy groups -OCH3 is 2. The summed E-state index contributed by atoms with van der Waals surface area (Å²) < 4.78 is 121. The predicted octanol–water partition coefficient (Wildman–Crippen LogP) is 21.3. The molecule has 0 aromatic heterocycles. The zero-order valence-electron chi connectivity index (χ0n) is 82.3. The van der Waals surface area contributed by atoms with Crippen LogP contribution in [0.3, 0.4) is 0 Å². The highest BCUT2D eigenvalue weighted by atomic mass is 16.8. The minimum absolute atomic E-state index is 0.0682. The Balaban J connectivity index is 0.000000164. The quantitative estimate of drug-likeness (QED) is 0.0320. The van der Waals surface area contributed by atoms with Crippen LogP contribution in [0.2, 0.25) is 0 Å². The van der Waals surface area contributed by atoms with Gasteiger partial charge in [-0.05, 0) is 277 Å². The zero-order chi connectivity index (χ0) is 92.3. The van der Waals surface area contributed by atoms with Crippen molar-refractivity contribution < 1.29 is 124 Å². The molecular weight excluding hydrogens is 1620 g/mol. The van der Waals surface area contributed by atoms with Gasteiger partial charge in [-0.3, -0.25) is 19.2 Å². The molecule has 18 saturated carbocycles. The molecule has 0 aliphatic heterocycles. The molecule has 18 aliphatic carbocycles. The number of ether oxygens (including phenoxy) is 20. The van der Waals surface area contributed by atoms with Crippen molar-refractivity contribution in [3.63, 3.8) is 0 Å². The first kappa shape index (κ1) is 102. The van der Waals surface area contributed by atoms with Crippen molar-refractivity contribution >= 4 is 36.2 Å². The fourth-order valence-corrected chi connectivity index (χ4v) is 25.7. The Morgan fingerprint density at radius 2 is 0.508 bits per heavy atom. The molecular formula is C100H168O26. The fraction of sp³-hybridized carbons (Fsp3) is 0.940. The van der Waals surface area contributed by atoms with Gasteiger partial charge in [0.05, 0.1) is 67.5 Å². The molecule has 16 bridgehead atoms. The topological polar surface area (TPSA) is 287 Å². The third-order valence-electron chi connectivity index (χ3n) is 31.1. The van der Waals surface area contributed by atoms with Crippen LogP contribution in [0.1, 0.15) is 396 Å². The summed E-state index contributed by atoms with van der Waals surface area (Å²) in [7, 11) is 3.27. The van der Waals surface area contributed by atoms with Crippen LogP contribution >= 0.6 is 0 Å². The van der Waals surface area contributed by atoms with Gasteiger partial charge in [0.15, 0.2) is 12.6 Å². The van der Waals surface area contributed by atoms with E-state index in [4.69, 9.17) is 94.7 Å². The molecule has 0 amide bonds. The summed E-state index contributed by atoms with van der Waals surface area (Å²) >= 11 is 0. The molecule has 126 heavy (non-hydrogen) atoms. The molecule has 18 aliphatic rings. The normalized spacial score (nSPS) is 36.3. The monoisotopic (exact) mass is 1790 g/mol. The Kier molecular flexibility index (Phi) is 32.1. The van der Waals surface area contributed by atoms with E-state index in [1.54, 1.807) is 55.8 Å². The molecule has 26 nitrogen and oxygen atoms in total. The van der Waals surface area contributed by atoms with E-state index < -0.39 is 90.0 Å². The van der Waals surface area contributed by atoms with E-state index in [9.17, 15) is 28.8 Å². The SMILES string of the molecule is CCC(C)(C)C(=O)OC12CC3CC(OC(=O)OC(C)(C)C)(CC(OC(=O)OC(C)(C)C)(C3)C1)C2.CCC(C)(C)C(=O)OC12CC3CC(OCOC)(CC(OCOC)(C3)C1)C2.CCC(C)(C)C(=O)OC12CC3CC(OCOC4CCCCC4)(CC(OCOC4CCCCC4)(C3)C1)C2.CCOC(C)OC12CC3CC(OC(=O)C(C)(C)CC)(C1)CC(OC(C)OCC)(C3)C2. The molecule has 18 rings (SSSR count). The molecule has 10 unspecified atom stereocenters. The highest BCUT2D eigenvalue weighted by Crippen LogP contribution is 2.68. The van der Waals surface area contributed by atoms with E-state index in [1.807, 2.05) is 104 Å². The summed E-state index contributed by atoms with van der Waals surface area (Å²) in [6.07, 6.45) is 32.0. The second-order valence-corrected chi connectivity index (χ2v) is 46.6. The van der Waals surface area contributed by atoms with Crippen molar-refractivity contribution in [3.05, 3.63) is 0 Å². The van der Waals surface area contributed by atoms with Gasteiger partial charge in [-0.15, -0.1) is 0 Å². The molecule has 0 radical (unpaired) electrons. The first-order chi connectivity index (χ1) is 58.8. The lowest BCUT2D eigenvalue weighted by atomic mass is 9.50. The number of hydrogen-bond acceptors (Lipinski definition) is 26. The van der Waals surface area contributed by atoms with E-state index in [1.165, 1.54) is 38.5 Å². The van der Waals surface area contributed by atoms with Crippen LogP contribution in [0, 0.1) is 45.3 Å². The van der Waals surface area contributed by atoms with E-state index in [2.05, 4.69) is 6.92 Å². The Hall–Kier alpha value is -4.06. The van der Waals surface area contributed by atoms with E-state index in [0.29, 0.717) is 115 Å². The average Bonchev–Trinajstić information content (AvgIpc) is 0.754. The summed E-state index contributed by atoms with van der Waals surface area (Å²) in [4.78, 5) is 77.8. The van der Waals surface area contributed by atoms with Gasteiger partial charge in [0.25, 0.3) is 0 Å². The van der Waals surface area contributed by atoms with Crippen molar-refractivity contribution in [2.75, 3.05) is 54.6 Å². The minimum Gasteiger partial charge on any atom is -0.458 e. The van der Waals surface area contributed by atoms with E-state index in [-0.39, 0.29) is 78.4 Å². The summed E-state index contributed by atoms with van der Waals surface area (Å²) in [5.74, 6) is 0.713. The van der Waals surface area contributed by atoms with Crippen molar-refractivity contribution in [2.24, 2.45) is 45.3 Å². The Morgan fingerprint density at radius 3 is 0.754 bits per heavy atom. The highest BCUT2D eigenvalue weighted by molar-refractivity contribution is 5.78. The second kappa shape index (κ2) is 39.5. The van der Waals surface area contributed by atoms with Crippen molar-refractivity contribution in [2.45, 2.75) is 500 Å². The molecule has 10 atom stereocenters. The molecule has 0 spiro atoms. The van der Waals surface area contributed by atoms with Crippen LogP contribution in [0.15, 0.2) is 0 Å². The third-order valence-corrected chi connectivity index (χ3v) is 31.1. The van der Waals surface area contributed by atoms with Gasteiger partial charge >= 0.3 is 36.2 Å². The summed E-state index contributed by atoms with van der Waals surface area (Å²) in [6.45, 7) is 44.4. The number of rotatable bonds is 36. The molecule has 18 fully saturated rings. The average molecular weight is 1790 g/mol. The van der Waals surface area contributed by atoms with Gasteiger partial charge in [-0.2, -0.15) is 0 Å². The van der Waals surface area contributed by atoms with Crippen LogP contribution < -0.4 is 0 Å². The highest BCUT2D eigenvalue weighted by Gasteiger charge is 2.73. The van der Waals surface area contributed by atoms with Crippen LogP contribution in [-0.2, 0) is 114 Å². The Labute approximate surface area is 755 Å². The van der Waals surface area contributed by atoms with Crippen molar-refractivity contribution in [1.29, 1.82) is 0 Å².